The van der Waals surface area contributed by atoms with Gasteiger partial charge in [-0.2, -0.15) is 4.98 Å². The maximum atomic E-state index is 11.0. The third kappa shape index (κ3) is 3.52. The molecule has 0 spiro atoms. The normalized spacial score (nSPS) is 12.3. The summed E-state index contributed by atoms with van der Waals surface area (Å²) < 4.78 is 5.47. The SMILES string of the molecule is CC(C)CC(C)Oc1ncnc(NN)c1[N+](=O)[O-]. The number of hydrazine groups is 1. The Morgan fingerprint density at radius 3 is 2.67 bits per heavy atom. The van der Waals surface area contributed by atoms with Crippen LogP contribution < -0.4 is 16.0 Å². The molecule has 0 radical (unpaired) electrons. The molecule has 8 nitrogen and oxygen atoms in total. The molecule has 1 heterocycles. The summed E-state index contributed by atoms with van der Waals surface area (Å²) >= 11 is 0. The minimum atomic E-state index is -0.618. The largest absolute Gasteiger partial charge is 0.470 e. The van der Waals surface area contributed by atoms with Crippen LogP contribution in [0.25, 0.3) is 0 Å². The van der Waals surface area contributed by atoms with Crippen molar-refractivity contribution < 1.29 is 9.66 Å². The summed E-state index contributed by atoms with van der Waals surface area (Å²) in [6.07, 6.45) is 1.76. The molecule has 1 unspecified atom stereocenters. The van der Waals surface area contributed by atoms with E-state index in [2.05, 4.69) is 15.4 Å². The van der Waals surface area contributed by atoms with Crippen molar-refractivity contribution in [1.82, 2.24) is 9.97 Å². The van der Waals surface area contributed by atoms with Gasteiger partial charge in [-0.3, -0.25) is 10.1 Å². The van der Waals surface area contributed by atoms with Crippen molar-refractivity contribution in [2.75, 3.05) is 5.43 Å². The quantitative estimate of drug-likeness (QED) is 0.449. The maximum Gasteiger partial charge on any atom is 0.374 e. The van der Waals surface area contributed by atoms with Gasteiger partial charge in [0.25, 0.3) is 5.88 Å². The van der Waals surface area contributed by atoms with E-state index in [9.17, 15) is 10.1 Å². The van der Waals surface area contributed by atoms with Crippen molar-refractivity contribution in [2.45, 2.75) is 33.3 Å². The van der Waals surface area contributed by atoms with Crippen LogP contribution in [0.2, 0.25) is 0 Å². The van der Waals surface area contributed by atoms with Gasteiger partial charge in [-0.1, -0.05) is 13.8 Å². The summed E-state index contributed by atoms with van der Waals surface area (Å²) in [5, 5.41) is 11.0. The highest BCUT2D eigenvalue weighted by atomic mass is 16.6. The smallest absolute Gasteiger partial charge is 0.374 e. The van der Waals surface area contributed by atoms with Crippen LogP contribution in [0.15, 0.2) is 6.33 Å². The van der Waals surface area contributed by atoms with E-state index in [0.717, 1.165) is 6.42 Å². The number of hydrogen-bond donors (Lipinski definition) is 2. The number of nitrogens with one attached hydrogen (secondary N) is 1. The molecule has 0 aromatic carbocycles. The van der Waals surface area contributed by atoms with Crippen LogP contribution in [-0.2, 0) is 0 Å². The van der Waals surface area contributed by atoms with Crippen LogP contribution in [0.5, 0.6) is 5.88 Å². The lowest BCUT2D eigenvalue weighted by Gasteiger charge is -2.15. The second-order valence-corrected chi connectivity index (χ2v) is 4.34. The van der Waals surface area contributed by atoms with Gasteiger partial charge in [0, 0.05) is 0 Å². The number of nitrogens with two attached hydrogens (primary N) is 1. The average molecular weight is 255 g/mol. The minimum Gasteiger partial charge on any atom is -0.470 e. The molecule has 0 aliphatic rings. The number of anilines is 1. The van der Waals surface area contributed by atoms with E-state index in [-0.39, 0.29) is 23.5 Å². The van der Waals surface area contributed by atoms with Crippen molar-refractivity contribution in [3.63, 3.8) is 0 Å². The molecule has 18 heavy (non-hydrogen) atoms. The third-order valence-electron chi connectivity index (χ3n) is 2.22. The van der Waals surface area contributed by atoms with Crippen LogP contribution in [0.4, 0.5) is 11.5 Å². The Balaban J connectivity index is 2.98. The highest BCUT2D eigenvalue weighted by Crippen LogP contribution is 2.31. The highest BCUT2D eigenvalue weighted by Gasteiger charge is 2.25. The molecular weight excluding hydrogens is 238 g/mol. The zero-order valence-electron chi connectivity index (χ0n) is 10.6. The Morgan fingerprint density at radius 1 is 1.50 bits per heavy atom. The molecule has 0 saturated heterocycles. The van der Waals surface area contributed by atoms with Gasteiger partial charge >= 0.3 is 5.69 Å². The first-order chi connectivity index (χ1) is 8.45. The van der Waals surface area contributed by atoms with E-state index in [4.69, 9.17) is 10.6 Å². The average Bonchev–Trinajstić information content (AvgIpc) is 2.26. The highest BCUT2D eigenvalue weighted by molar-refractivity contribution is 5.60. The van der Waals surface area contributed by atoms with Gasteiger partial charge in [-0.15, -0.1) is 0 Å². The van der Waals surface area contributed by atoms with E-state index in [1.807, 2.05) is 20.8 Å². The fourth-order valence-corrected chi connectivity index (χ4v) is 1.62. The first-order valence-corrected chi connectivity index (χ1v) is 5.58. The molecule has 8 heteroatoms. The summed E-state index contributed by atoms with van der Waals surface area (Å²) in [4.78, 5) is 17.8. The molecule has 1 aromatic rings. The lowest BCUT2D eigenvalue weighted by molar-refractivity contribution is -0.385. The van der Waals surface area contributed by atoms with Crippen molar-refractivity contribution in [3.8, 4) is 5.88 Å². The summed E-state index contributed by atoms with van der Waals surface area (Å²) in [7, 11) is 0. The fourth-order valence-electron chi connectivity index (χ4n) is 1.62. The Kier molecular flexibility index (Phi) is 4.78. The van der Waals surface area contributed by atoms with Gasteiger partial charge in [0.1, 0.15) is 6.33 Å². The predicted octanol–water partition coefficient (Wildman–Crippen LogP) is 1.48. The molecule has 100 valence electrons. The topological polar surface area (TPSA) is 116 Å². The fraction of sp³-hybridized carbons (Fsp3) is 0.600. The summed E-state index contributed by atoms with van der Waals surface area (Å²) in [6.45, 7) is 5.92. The zero-order valence-corrected chi connectivity index (χ0v) is 10.6. The van der Waals surface area contributed by atoms with Gasteiger partial charge in [0.15, 0.2) is 0 Å². The van der Waals surface area contributed by atoms with Crippen molar-refractivity contribution >= 4 is 11.5 Å². The van der Waals surface area contributed by atoms with Gasteiger partial charge in [-0.05, 0) is 19.3 Å². The summed E-state index contributed by atoms with van der Waals surface area (Å²) in [6, 6.07) is 0. The van der Waals surface area contributed by atoms with Gasteiger partial charge in [0.05, 0.1) is 11.0 Å². The number of nitrogens with zero attached hydrogens (tertiary/aromatic N) is 3. The molecule has 0 aliphatic carbocycles. The molecule has 1 aromatic heterocycles. The Bertz CT molecular complexity index is 424. The lowest BCUT2D eigenvalue weighted by Crippen LogP contribution is -2.18. The standard InChI is InChI=1S/C10H17N5O3/c1-6(2)4-7(3)18-10-8(15(16)17)9(14-11)12-5-13-10/h5-7H,4,11H2,1-3H3,(H,12,13,14). The van der Waals surface area contributed by atoms with E-state index in [1.54, 1.807) is 0 Å². The molecule has 0 aliphatic heterocycles. The molecule has 0 bridgehead atoms. The molecule has 1 atom stereocenters. The number of nitro groups is 1. The number of hydrogen-bond acceptors (Lipinski definition) is 7. The monoisotopic (exact) mass is 255 g/mol. The van der Waals surface area contributed by atoms with Crippen molar-refractivity contribution in [2.24, 2.45) is 11.8 Å². The van der Waals surface area contributed by atoms with E-state index in [1.165, 1.54) is 6.33 Å². The van der Waals surface area contributed by atoms with Crippen molar-refractivity contribution in [1.29, 1.82) is 0 Å². The Morgan fingerprint density at radius 2 is 2.17 bits per heavy atom. The predicted molar refractivity (Wildman–Crippen MR) is 66.0 cm³/mol. The third-order valence-corrected chi connectivity index (χ3v) is 2.22. The van der Waals surface area contributed by atoms with Crippen LogP contribution in [0.3, 0.4) is 0 Å². The van der Waals surface area contributed by atoms with Crippen LogP contribution >= 0.6 is 0 Å². The first kappa shape index (κ1) is 14.1. The lowest BCUT2D eigenvalue weighted by atomic mass is 10.1. The Labute approximate surface area is 105 Å². The van der Waals surface area contributed by atoms with Crippen LogP contribution in [0, 0.1) is 16.0 Å². The van der Waals surface area contributed by atoms with Crippen LogP contribution in [-0.4, -0.2) is 21.0 Å². The molecular formula is C10H17N5O3. The van der Waals surface area contributed by atoms with Crippen LogP contribution in [0.1, 0.15) is 27.2 Å². The molecule has 0 saturated carbocycles. The summed E-state index contributed by atoms with van der Waals surface area (Å²) in [5.41, 5.74) is 1.81. The van der Waals surface area contributed by atoms with Gasteiger partial charge in [0.2, 0.25) is 5.82 Å². The molecule has 0 amide bonds. The number of ether oxygens (including phenoxy) is 1. The van der Waals surface area contributed by atoms with E-state index < -0.39 is 4.92 Å². The molecule has 1 rings (SSSR count). The maximum absolute atomic E-state index is 11.0. The van der Waals surface area contributed by atoms with Crippen molar-refractivity contribution in [3.05, 3.63) is 16.4 Å². The molecule has 3 N–H and O–H groups in total. The number of rotatable bonds is 6. The van der Waals surface area contributed by atoms with Gasteiger partial charge < -0.3 is 10.2 Å². The number of aromatic nitrogens is 2. The minimum absolute atomic E-state index is 0.0678. The first-order valence-electron chi connectivity index (χ1n) is 5.58. The zero-order chi connectivity index (χ0) is 13.7. The second-order valence-electron chi connectivity index (χ2n) is 4.34. The number of nitrogen functional groups attached to an aromatic ring is 1. The Hall–Kier alpha value is -1.96. The van der Waals surface area contributed by atoms with Gasteiger partial charge in [-0.25, -0.2) is 10.8 Å². The van der Waals surface area contributed by atoms with E-state index >= 15 is 0 Å². The summed E-state index contributed by atoms with van der Waals surface area (Å²) in [5.74, 6) is 5.45. The second kappa shape index (κ2) is 6.10. The van der Waals surface area contributed by atoms with E-state index in [0.29, 0.717) is 5.92 Å². The molecule has 0 fully saturated rings.